The highest BCUT2D eigenvalue weighted by molar-refractivity contribution is 7.76. The van der Waals surface area contributed by atoms with Gasteiger partial charge in [0.25, 0.3) is 0 Å². The van der Waals surface area contributed by atoms with Gasteiger partial charge in [-0.1, -0.05) is 13.3 Å². The van der Waals surface area contributed by atoms with Crippen molar-refractivity contribution in [2.75, 3.05) is 20.2 Å². The number of hydrogen-bond donors (Lipinski definition) is 0. The summed E-state index contributed by atoms with van der Waals surface area (Å²) in [6.07, 6.45) is 1.74. The Balaban J connectivity index is 3.56. The van der Waals surface area contributed by atoms with Crippen molar-refractivity contribution in [2.24, 2.45) is 0 Å². The molecule has 0 aliphatic carbocycles. The van der Waals surface area contributed by atoms with Gasteiger partial charge in [-0.15, -0.1) is 0 Å². The first-order chi connectivity index (χ1) is 6.07. The Hall–Kier alpha value is -0.460. The number of esters is 1. The van der Waals surface area contributed by atoms with E-state index in [0.717, 1.165) is 17.1 Å². The van der Waals surface area contributed by atoms with Crippen molar-refractivity contribution < 1.29 is 18.3 Å². The molecule has 0 saturated heterocycles. The highest BCUT2D eigenvalue weighted by atomic mass is 32.2. The zero-order chi connectivity index (χ0) is 10.3. The van der Waals surface area contributed by atoms with Crippen LogP contribution in [0.2, 0.25) is 0 Å². The minimum Gasteiger partial charge on any atom is -0.760 e. The second-order valence-corrected chi connectivity index (χ2v) is 3.63. The molecule has 1 unspecified atom stereocenters. The van der Waals surface area contributed by atoms with Crippen molar-refractivity contribution in [2.45, 2.75) is 19.8 Å². The van der Waals surface area contributed by atoms with Crippen LogP contribution in [0.3, 0.4) is 0 Å². The lowest BCUT2D eigenvalue weighted by Crippen LogP contribution is -2.29. The van der Waals surface area contributed by atoms with Gasteiger partial charge in [-0.25, -0.2) is 4.31 Å². The van der Waals surface area contributed by atoms with Crippen LogP contribution in [0.1, 0.15) is 19.8 Å². The topological polar surface area (TPSA) is 69.7 Å². The average molecular weight is 208 g/mol. The van der Waals surface area contributed by atoms with Crippen LogP contribution in [0.25, 0.3) is 0 Å². The molecule has 6 heteroatoms. The van der Waals surface area contributed by atoms with Crippen molar-refractivity contribution in [3.05, 3.63) is 0 Å². The van der Waals surface area contributed by atoms with Gasteiger partial charge >= 0.3 is 5.97 Å². The van der Waals surface area contributed by atoms with E-state index < -0.39 is 17.2 Å². The van der Waals surface area contributed by atoms with E-state index in [1.54, 1.807) is 0 Å². The molecular formula is C7H14NO4S-. The molecule has 0 aromatic carbocycles. The number of rotatable bonds is 6. The van der Waals surface area contributed by atoms with Crippen LogP contribution in [-0.4, -0.2) is 39.2 Å². The molecule has 0 aromatic heterocycles. The normalized spacial score (nSPS) is 12.9. The first-order valence-corrected chi connectivity index (χ1v) is 5.07. The molecule has 0 saturated carbocycles. The largest absolute Gasteiger partial charge is 0.760 e. The molecule has 0 N–H and O–H groups in total. The van der Waals surface area contributed by atoms with E-state index in [1.165, 1.54) is 7.05 Å². The van der Waals surface area contributed by atoms with Gasteiger partial charge in [0.05, 0.1) is 6.61 Å². The van der Waals surface area contributed by atoms with Gasteiger partial charge in [0.15, 0.2) is 0 Å². The van der Waals surface area contributed by atoms with Crippen LogP contribution < -0.4 is 0 Å². The van der Waals surface area contributed by atoms with E-state index in [2.05, 4.69) is 0 Å². The maximum Gasteiger partial charge on any atom is 0.321 e. The Bertz CT molecular complexity index is 185. The number of hydrogen-bond acceptors (Lipinski definition) is 4. The SMILES string of the molecule is CCCCOC(=O)CN(C)S(=O)[O-]. The summed E-state index contributed by atoms with van der Waals surface area (Å²) in [6, 6.07) is 0. The third-order valence-corrected chi connectivity index (χ3v) is 2.01. The fraction of sp³-hybridized carbons (Fsp3) is 0.857. The summed E-state index contributed by atoms with van der Waals surface area (Å²) in [5.41, 5.74) is 0. The quantitative estimate of drug-likeness (QED) is 0.351. The second-order valence-electron chi connectivity index (χ2n) is 2.58. The van der Waals surface area contributed by atoms with E-state index in [1.807, 2.05) is 6.92 Å². The molecule has 0 spiro atoms. The molecule has 0 aliphatic heterocycles. The van der Waals surface area contributed by atoms with Crippen molar-refractivity contribution >= 4 is 17.2 Å². The molecule has 0 rings (SSSR count). The van der Waals surface area contributed by atoms with Crippen LogP contribution >= 0.6 is 0 Å². The number of ether oxygens (including phenoxy) is 1. The molecule has 13 heavy (non-hydrogen) atoms. The molecule has 0 bridgehead atoms. The van der Waals surface area contributed by atoms with Crippen molar-refractivity contribution in [3.8, 4) is 0 Å². The molecule has 5 nitrogen and oxygen atoms in total. The lowest BCUT2D eigenvalue weighted by Gasteiger charge is -2.17. The zero-order valence-electron chi connectivity index (χ0n) is 7.82. The lowest BCUT2D eigenvalue weighted by molar-refractivity contribution is -0.143. The number of carbonyl (C=O) groups excluding carboxylic acids is 1. The van der Waals surface area contributed by atoms with Gasteiger partial charge < -0.3 is 9.29 Å². The second kappa shape index (κ2) is 6.99. The molecule has 78 valence electrons. The fourth-order valence-corrected chi connectivity index (χ4v) is 0.821. The van der Waals surface area contributed by atoms with E-state index in [0.29, 0.717) is 6.61 Å². The molecule has 0 radical (unpaired) electrons. The maximum absolute atomic E-state index is 10.9. The van der Waals surface area contributed by atoms with Gasteiger partial charge in [0.2, 0.25) is 0 Å². The van der Waals surface area contributed by atoms with Crippen molar-refractivity contribution in [3.63, 3.8) is 0 Å². The van der Waals surface area contributed by atoms with Gasteiger partial charge in [-0.05, 0) is 13.5 Å². The molecule has 0 aliphatic rings. The summed E-state index contributed by atoms with van der Waals surface area (Å²) < 4.78 is 26.2. The Morgan fingerprint density at radius 3 is 2.69 bits per heavy atom. The molecular weight excluding hydrogens is 194 g/mol. The van der Waals surface area contributed by atoms with Crippen LogP contribution in [0.4, 0.5) is 0 Å². The molecule has 0 amide bonds. The Kier molecular flexibility index (Phi) is 6.75. The van der Waals surface area contributed by atoms with Gasteiger partial charge in [0.1, 0.15) is 6.54 Å². The highest BCUT2D eigenvalue weighted by Crippen LogP contribution is 1.92. The summed E-state index contributed by atoms with van der Waals surface area (Å²) >= 11 is -2.36. The van der Waals surface area contributed by atoms with Gasteiger partial charge in [0, 0.05) is 11.3 Å². The predicted octanol–water partition coefficient (Wildman–Crippen LogP) is 0.0556. The lowest BCUT2D eigenvalue weighted by atomic mass is 10.4. The minimum atomic E-state index is -2.36. The summed E-state index contributed by atoms with van der Waals surface area (Å²) in [7, 11) is 1.31. The van der Waals surface area contributed by atoms with Crippen LogP contribution in [-0.2, 0) is 20.8 Å². The third kappa shape index (κ3) is 6.68. The smallest absolute Gasteiger partial charge is 0.321 e. The van der Waals surface area contributed by atoms with E-state index >= 15 is 0 Å². The van der Waals surface area contributed by atoms with Crippen LogP contribution in [0, 0.1) is 0 Å². The first kappa shape index (κ1) is 12.5. The van der Waals surface area contributed by atoms with Crippen LogP contribution in [0.5, 0.6) is 0 Å². The molecule has 1 atom stereocenters. The fourth-order valence-electron chi connectivity index (χ4n) is 0.610. The summed E-state index contributed by atoms with van der Waals surface area (Å²) in [5.74, 6) is -0.514. The van der Waals surface area contributed by atoms with Gasteiger partial charge in [-0.3, -0.25) is 9.00 Å². The van der Waals surface area contributed by atoms with Gasteiger partial charge in [-0.2, -0.15) is 0 Å². The molecule has 0 aromatic rings. The molecule has 0 heterocycles. The Morgan fingerprint density at radius 2 is 2.23 bits per heavy atom. The van der Waals surface area contributed by atoms with E-state index in [9.17, 15) is 13.6 Å². The molecule has 0 fully saturated rings. The third-order valence-electron chi connectivity index (χ3n) is 1.37. The maximum atomic E-state index is 10.9. The van der Waals surface area contributed by atoms with Crippen LogP contribution in [0.15, 0.2) is 0 Å². The van der Waals surface area contributed by atoms with Crippen molar-refractivity contribution in [1.29, 1.82) is 0 Å². The summed E-state index contributed by atoms with van der Waals surface area (Å²) in [5, 5.41) is 0. The predicted molar refractivity (Wildman–Crippen MR) is 47.4 cm³/mol. The number of likely N-dealkylation sites (N-methyl/N-ethyl adjacent to an activating group) is 1. The van der Waals surface area contributed by atoms with E-state index in [4.69, 9.17) is 4.74 Å². The zero-order valence-corrected chi connectivity index (χ0v) is 8.63. The summed E-state index contributed by atoms with van der Waals surface area (Å²) in [6.45, 7) is 2.11. The number of nitrogens with zero attached hydrogens (tertiary/aromatic N) is 1. The highest BCUT2D eigenvalue weighted by Gasteiger charge is 2.06. The first-order valence-electron chi connectivity index (χ1n) is 4.04. The minimum absolute atomic E-state index is 0.222. The summed E-state index contributed by atoms with van der Waals surface area (Å²) in [4.78, 5) is 10.9. The monoisotopic (exact) mass is 208 g/mol. The Morgan fingerprint density at radius 1 is 1.62 bits per heavy atom. The van der Waals surface area contributed by atoms with Crippen molar-refractivity contribution in [1.82, 2.24) is 4.31 Å². The number of carbonyl (C=O) groups is 1. The average Bonchev–Trinajstić information content (AvgIpc) is 2.04. The Labute approximate surface area is 80.5 Å². The standard InChI is InChI=1S/C7H15NO4S/c1-3-4-5-12-7(9)6-8(2)13(10)11/h3-6H2,1-2H3,(H,10,11)/p-1. The van der Waals surface area contributed by atoms with E-state index in [-0.39, 0.29) is 6.54 Å². The number of unbranched alkanes of at least 4 members (excludes halogenated alkanes) is 1.